The molecule has 3 aliphatic rings. The van der Waals surface area contributed by atoms with Gasteiger partial charge in [-0.05, 0) is 48.3 Å². The first-order valence-corrected chi connectivity index (χ1v) is 6.86. The van der Waals surface area contributed by atoms with E-state index in [4.69, 9.17) is 5.11 Å². The van der Waals surface area contributed by atoms with E-state index >= 15 is 0 Å². The number of rotatable bonds is 6. The van der Waals surface area contributed by atoms with Gasteiger partial charge in [-0.3, -0.25) is 4.79 Å². The molecule has 0 amide bonds. The van der Waals surface area contributed by atoms with E-state index in [0.717, 1.165) is 32.1 Å². The van der Waals surface area contributed by atoms with E-state index < -0.39 is 11.6 Å². The summed E-state index contributed by atoms with van der Waals surface area (Å²) in [5.74, 6) is -0.732. The second-order valence-corrected chi connectivity index (χ2v) is 8.43. The lowest BCUT2D eigenvalue weighted by atomic mass is 9.39. The van der Waals surface area contributed by atoms with E-state index in [0.29, 0.717) is 0 Å². The third-order valence-electron chi connectivity index (χ3n) is 4.52. The number of carboxylic acids is 1. The summed E-state index contributed by atoms with van der Waals surface area (Å²) >= 11 is 0. The lowest BCUT2D eigenvalue weighted by molar-refractivity contribution is -0.229. The highest BCUT2D eigenvalue weighted by molar-refractivity contribution is 5.67. The Bertz CT molecular complexity index is 351. The molecule has 0 atom stereocenters. The molecular weight excluding hydrogens is 231 g/mol. The van der Waals surface area contributed by atoms with Crippen molar-refractivity contribution in [2.75, 3.05) is 0 Å². The van der Waals surface area contributed by atoms with Crippen LogP contribution in [0.3, 0.4) is 0 Å². The maximum Gasteiger partial charge on any atom is 0.303 e. The van der Waals surface area contributed by atoms with Crippen molar-refractivity contribution in [1.29, 1.82) is 0 Å². The normalized spacial score (nSPS) is 34.7. The molecule has 3 fully saturated rings. The molecule has 1 N–H and O–H groups in total. The third-order valence-corrected chi connectivity index (χ3v) is 4.52. The molecule has 3 heteroatoms. The number of carbonyl (C=O) groups is 1. The molecule has 0 spiro atoms. The van der Waals surface area contributed by atoms with E-state index in [1.807, 2.05) is 13.8 Å². The third kappa shape index (κ3) is 2.70. The number of hydrogen-bond acceptors (Lipinski definition) is 1. The van der Waals surface area contributed by atoms with Gasteiger partial charge in [-0.25, -0.2) is 4.39 Å². The molecule has 104 valence electrons. The molecule has 2 nitrogen and oxygen atoms in total. The Labute approximate surface area is 109 Å². The van der Waals surface area contributed by atoms with E-state index in [9.17, 15) is 9.18 Å². The van der Waals surface area contributed by atoms with Gasteiger partial charge in [0, 0.05) is 0 Å². The first-order valence-electron chi connectivity index (χ1n) is 6.86. The fourth-order valence-corrected chi connectivity index (χ4v) is 4.89. The van der Waals surface area contributed by atoms with Gasteiger partial charge in [-0.1, -0.05) is 27.7 Å². The average Bonchev–Trinajstić information content (AvgIpc) is 1.91. The van der Waals surface area contributed by atoms with Crippen LogP contribution in [0.5, 0.6) is 0 Å². The van der Waals surface area contributed by atoms with Gasteiger partial charge in [0.15, 0.2) is 0 Å². The summed E-state index contributed by atoms with van der Waals surface area (Å²) in [7, 11) is 0. The molecule has 3 saturated carbocycles. The smallest absolute Gasteiger partial charge is 0.303 e. The minimum atomic E-state index is -0.827. The van der Waals surface area contributed by atoms with Gasteiger partial charge in [0.25, 0.3) is 0 Å². The van der Waals surface area contributed by atoms with Crippen LogP contribution >= 0.6 is 0 Å². The predicted molar refractivity (Wildman–Crippen MR) is 69.2 cm³/mol. The van der Waals surface area contributed by atoms with Crippen LogP contribution in [0.15, 0.2) is 0 Å². The molecule has 0 heterocycles. The molecular formula is C15H25FO2. The van der Waals surface area contributed by atoms with Gasteiger partial charge in [-0.2, -0.15) is 0 Å². The lowest BCUT2D eigenvalue weighted by Crippen LogP contribution is -2.65. The van der Waals surface area contributed by atoms with Crippen molar-refractivity contribution in [3.8, 4) is 0 Å². The highest BCUT2D eigenvalue weighted by Gasteiger charge is 2.69. The molecule has 0 unspecified atom stereocenters. The second-order valence-electron chi connectivity index (χ2n) is 8.43. The highest BCUT2D eigenvalue weighted by atomic mass is 19.1. The van der Waals surface area contributed by atoms with Crippen LogP contribution in [0.25, 0.3) is 0 Å². The van der Waals surface area contributed by atoms with E-state index in [1.54, 1.807) is 0 Å². The first-order chi connectivity index (χ1) is 7.95. The van der Waals surface area contributed by atoms with Gasteiger partial charge >= 0.3 is 5.97 Å². The summed E-state index contributed by atoms with van der Waals surface area (Å²) in [4.78, 5) is 10.9. The van der Waals surface area contributed by atoms with Gasteiger partial charge in [0.1, 0.15) is 5.67 Å². The summed E-state index contributed by atoms with van der Waals surface area (Å²) in [6, 6.07) is 0. The van der Waals surface area contributed by atoms with E-state index in [1.165, 1.54) is 0 Å². The molecule has 0 aromatic heterocycles. The van der Waals surface area contributed by atoms with Crippen LogP contribution < -0.4 is 0 Å². The molecule has 3 rings (SSSR count). The molecule has 3 aliphatic carbocycles. The van der Waals surface area contributed by atoms with E-state index in [2.05, 4.69) is 13.8 Å². The van der Waals surface area contributed by atoms with Crippen LogP contribution in [0.1, 0.15) is 66.2 Å². The number of halogens is 1. The van der Waals surface area contributed by atoms with Crippen molar-refractivity contribution < 1.29 is 14.3 Å². The summed E-state index contributed by atoms with van der Waals surface area (Å²) < 4.78 is 13.5. The zero-order valence-corrected chi connectivity index (χ0v) is 12.0. The molecule has 0 saturated heterocycles. The van der Waals surface area contributed by atoms with Gasteiger partial charge < -0.3 is 5.11 Å². The van der Waals surface area contributed by atoms with Crippen molar-refractivity contribution >= 4 is 5.97 Å². The van der Waals surface area contributed by atoms with Crippen molar-refractivity contribution in [3.63, 3.8) is 0 Å². The summed E-state index contributed by atoms with van der Waals surface area (Å²) in [5.41, 5.74) is -0.669. The van der Waals surface area contributed by atoms with E-state index in [-0.39, 0.29) is 22.7 Å². The lowest BCUT2D eigenvalue weighted by Gasteiger charge is -2.68. The first kappa shape index (κ1) is 13.8. The van der Waals surface area contributed by atoms with Crippen LogP contribution in [-0.4, -0.2) is 16.7 Å². The van der Waals surface area contributed by atoms with Gasteiger partial charge in [-0.15, -0.1) is 0 Å². The number of carboxylic acid groups (broad SMARTS) is 1. The Kier molecular flexibility index (Phi) is 2.85. The van der Waals surface area contributed by atoms with Crippen molar-refractivity contribution in [3.05, 3.63) is 0 Å². The Balaban J connectivity index is 1.89. The monoisotopic (exact) mass is 256 g/mol. The van der Waals surface area contributed by atoms with Crippen molar-refractivity contribution in [1.82, 2.24) is 0 Å². The molecule has 2 bridgehead atoms. The fourth-order valence-electron chi connectivity index (χ4n) is 4.89. The van der Waals surface area contributed by atoms with Crippen LogP contribution in [0, 0.1) is 16.2 Å². The SMILES string of the molecule is CC(C)(CC(=O)O)CC(C)(C)CC12CC(F)(C1)C2. The quantitative estimate of drug-likeness (QED) is 0.773. The highest BCUT2D eigenvalue weighted by Crippen LogP contribution is 2.73. The van der Waals surface area contributed by atoms with Crippen LogP contribution in [-0.2, 0) is 4.79 Å². The van der Waals surface area contributed by atoms with Crippen LogP contribution in [0.2, 0.25) is 0 Å². The Morgan fingerprint density at radius 2 is 1.67 bits per heavy atom. The molecule has 0 aromatic rings. The number of aliphatic carboxylic acids is 1. The number of hydrogen-bond donors (Lipinski definition) is 1. The van der Waals surface area contributed by atoms with Crippen LogP contribution in [0.4, 0.5) is 4.39 Å². The summed E-state index contributed by atoms with van der Waals surface area (Å²) in [6.07, 6.45) is 4.34. The number of alkyl halides is 1. The molecule has 0 aromatic carbocycles. The fraction of sp³-hybridized carbons (Fsp3) is 0.933. The molecule has 18 heavy (non-hydrogen) atoms. The standard InChI is InChI=1S/C15H25FO2/c1-12(2,5-11(17)18)6-13(3,4)7-14-8-15(16,9-14)10-14/h5-10H2,1-4H3,(H,17,18). The zero-order valence-electron chi connectivity index (χ0n) is 12.0. The Morgan fingerprint density at radius 3 is 2.06 bits per heavy atom. The Morgan fingerprint density at radius 1 is 1.17 bits per heavy atom. The van der Waals surface area contributed by atoms with Crippen molar-refractivity contribution in [2.45, 2.75) is 71.9 Å². The molecule has 0 aliphatic heterocycles. The minimum absolute atomic E-state index is 0.0979. The Hall–Kier alpha value is -0.600. The summed E-state index contributed by atoms with van der Waals surface area (Å²) in [6.45, 7) is 8.42. The maximum absolute atomic E-state index is 13.5. The summed E-state index contributed by atoms with van der Waals surface area (Å²) in [5, 5.41) is 8.93. The largest absolute Gasteiger partial charge is 0.481 e. The topological polar surface area (TPSA) is 37.3 Å². The average molecular weight is 256 g/mol. The second kappa shape index (κ2) is 3.71. The van der Waals surface area contributed by atoms with Gasteiger partial charge in [0.2, 0.25) is 0 Å². The predicted octanol–water partition coefficient (Wildman–Crippen LogP) is 4.19. The minimum Gasteiger partial charge on any atom is -0.481 e. The van der Waals surface area contributed by atoms with Crippen molar-refractivity contribution in [2.24, 2.45) is 16.2 Å². The zero-order chi connectivity index (χ0) is 13.8. The molecule has 0 radical (unpaired) electrons. The maximum atomic E-state index is 13.5. The van der Waals surface area contributed by atoms with Gasteiger partial charge in [0.05, 0.1) is 6.42 Å².